The van der Waals surface area contributed by atoms with Gasteiger partial charge in [0.15, 0.2) is 0 Å². The minimum atomic E-state index is -3.59. The number of hydrogen-bond acceptors (Lipinski definition) is 4. The van der Waals surface area contributed by atoms with Gasteiger partial charge >= 0.3 is 0 Å². The number of rotatable bonds is 6. The van der Waals surface area contributed by atoms with Crippen molar-refractivity contribution in [2.75, 3.05) is 40.4 Å². The van der Waals surface area contributed by atoms with Crippen LogP contribution in [0.1, 0.15) is 18.4 Å². The Kier molecular flexibility index (Phi) is 5.70. The van der Waals surface area contributed by atoms with E-state index in [9.17, 15) is 13.2 Å². The van der Waals surface area contributed by atoms with E-state index >= 15 is 0 Å². The summed E-state index contributed by atoms with van der Waals surface area (Å²) in [7, 11) is -3.59. The summed E-state index contributed by atoms with van der Waals surface area (Å²) >= 11 is 0. The van der Waals surface area contributed by atoms with Gasteiger partial charge in [-0.05, 0) is 43.5 Å². The number of benzene rings is 2. The summed E-state index contributed by atoms with van der Waals surface area (Å²) in [4.78, 5) is 14.9. The zero-order chi connectivity index (χ0) is 19.4. The number of anilines is 3. The Morgan fingerprint density at radius 2 is 1.70 bits per heavy atom. The van der Waals surface area contributed by atoms with Crippen LogP contribution >= 0.6 is 0 Å². The summed E-state index contributed by atoms with van der Waals surface area (Å²) in [6.45, 7) is 3.49. The van der Waals surface area contributed by atoms with Gasteiger partial charge in [-0.15, -0.1) is 0 Å². The molecular weight excluding hydrogens is 362 g/mol. The lowest BCUT2D eigenvalue weighted by Crippen LogP contribution is -2.38. The molecule has 0 saturated carbocycles. The van der Waals surface area contributed by atoms with E-state index in [1.807, 2.05) is 43.3 Å². The molecule has 2 aromatic rings. The SMILES string of the molecule is Cc1ccccc1N(CC(=O)Nc1ccccc1N1CCCC1)S(C)(=O)=O. The molecule has 0 bridgehead atoms. The van der Waals surface area contributed by atoms with Gasteiger partial charge < -0.3 is 10.2 Å². The van der Waals surface area contributed by atoms with Gasteiger partial charge in [0.2, 0.25) is 15.9 Å². The monoisotopic (exact) mass is 387 g/mol. The maximum absolute atomic E-state index is 12.7. The number of hydrogen-bond donors (Lipinski definition) is 1. The summed E-state index contributed by atoms with van der Waals surface area (Å²) in [5.41, 5.74) is 3.00. The zero-order valence-electron chi connectivity index (χ0n) is 15.7. The third-order valence-electron chi connectivity index (χ3n) is 4.70. The summed E-state index contributed by atoms with van der Waals surface area (Å²) < 4.78 is 25.7. The largest absolute Gasteiger partial charge is 0.370 e. The molecule has 0 aliphatic carbocycles. The standard InChI is InChI=1S/C20H25N3O3S/c1-16-9-3-5-11-18(16)23(27(2,25)26)15-20(24)21-17-10-4-6-12-19(17)22-13-7-8-14-22/h3-6,9-12H,7-8,13-15H2,1-2H3,(H,21,24). The minimum absolute atomic E-state index is 0.266. The molecule has 144 valence electrons. The van der Waals surface area contributed by atoms with E-state index in [0.717, 1.165) is 47.7 Å². The normalized spacial score (nSPS) is 14.2. The topological polar surface area (TPSA) is 69.7 Å². The number of carbonyl (C=O) groups excluding carboxylic acids is 1. The highest BCUT2D eigenvalue weighted by molar-refractivity contribution is 7.92. The van der Waals surface area contributed by atoms with Gasteiger partial charge in [-0.3, -0.25) is 9.10 Å². The molecule has 1 amide bonds. The van der Waals surface area contributed by atoms with Gasteiger partial charge in [0.1, 0.15) is 6.54 Å². The first-order chi connectivity index (χ1) is 12.9. The molecule has 1 aliphatic heterocycles. The number of carbonyl (C=O) groups is 1. The molecule has 2 aromatic carbocycles. The highest BCUT2D eigenvalue weighted by Crippen LogP contribution is 2.29. The van der Waals surface area contributed by atoms with Crippen LogP contribution in [-0.2, 0) is 14.8 Å². The Bertz CT molecular complexity index is 922. The average Bonchev–Trinajstić information content (AvgIpc) is 3.14. The van der Waals surface area contributed by atoms with Crippen LogP contribution in [0, 0.1) is 6.92 Å². The van der Waals surface area contributed by atoms with Gasteiger partial charge in [0.25, 0.3) is 0 Å². The molecule has 0 atom stereocenters. The third kappa shape index (κ3) is 4.60. The molecule has 0 aromatic heterocycles. The molecule has 0 unspecified atom stereocenters. The van der Waals surface area contributed by atoms with E-state index < -0.39 is 10.0 Å². The maximum atomic E-state index is 12.7. The van der Waals surface area contributed by atoms with Crippen LogP contribution in [0.15, 0.2) is 48.5 Å². The van der Waals surface area contributed by atoms with Crippen LogP contribution in [0.25, 0.3) is 0 Å². The lowest BCUT2D eigenvalue weighted by molar-refractivity contribution is -0.114. The minimum Gasteiger partial charge on any atom is -0.370 e. The van der Waals surface area contributed by atoms with E-state index in [1.54, 1.807) is 12.1 Å². The molecule has 0 spiro atoms. The van der Waals surface area contributed by atoms with E-state index in [2.05, 4.69) is 10.2 Å². The smallest absolute Gasteiger partial charge is 0.245 e. The fraction of sp³-hybridized carbons (Fsp3) is 0.350. The van der Waals surface area contributed by atoms with Crippen molar-refractivity contribution < 1.29 is 13.2 Å². The highest BCUT2D eigenvalue weighted by atomic mass is 32.2. The lowest BCUT2D eigenvalue weighted by atomic mass is 10.2. The molecule has 6 nitrogen and oxygen atoms in total. The van der Waals surface area contributed by atoms with E-state index in [1.165, 1.54) is 0 Å². The van der Waals surface area contributed by atoms with E-state index in [-0.39, 0.29) is 12.5 Å². The average molecular weight is 388 g/mol. The van der Waals surface area contributed by atoms with Crippen LogP contribution in [0.5, 0.6) is 0 Å². The van der Waals surface area contributed by atoms with Crippen molar-refractivity contribution in [3.8, 4) is 0 Å². The zero-order valence-corrected chi connectivity index (χ0v) is 16.5. The molecule has 1 saturated heterocycles. The number of aryl methyl sites for hydroxylation is 1. The van der Waals surface area contributed by atoms with Crippen molar-refractivity contribution in [3.63, 3.8) is 0 Å². The molecule has 1 N–H and O–H groups in total. The second-order valence-electron chi connectivity index (χ2n) is 6.82. The van der Waals surface area contributed by atoms with Crippen molar-refractivity contribution in [1.82, 2.24) is 0 Å². The second kappa shape index (κ2) is 8.00. The van der Waals surface area contributed by atoms with Gasteiger partial charge in [-0.2, -0.15) is 0 Å². The van der Waals surface area contributed by atoms with Crippen molar-refractivity contribution in [2.24, 2.45) is 0 Å². The molecule has 1 aliphatic rings. The summed E-state index contributed by atoms with van der Waals surface area (Å²) in [6, 6.07) is 14.8. The Labute approximate surface area is 160 Å². The molecular formula is C20H25N3O3S. The molecule has 27 heavy (non-hydrogen) atoms. The summed E-state index contributed by atoms with van der Waals surface area (Å²) in [5, 5.41) is 2.89. The van der Waals surface area contributed by atoms with Crippen LogP contribution in [0.2, 0.25) is 0 Å². The Morgan fingerprint density at radius 1 is 1.07 bits per heavy atom. The van der Waals surface area contributed by atoms with E-state index in [4.69, 9.17) is 0 Å². The fourth-order valence-electron chi connectivity index (χ4n) is 3.36. The van der Waals surface area contributed by atoms with Crippen molar-refractivity contribution in [1.29, 1.82) is 0 Å². The van der Waals surface area contributed by atoms with Crippen LogP contribution in [-0.4, -0.2) is 40.2 Å². The lowest BCUT2D eigenvalue weighted by Gasteiger charge is -2.25. The quantitative estimate of drug-likeness (QED) is 0.827. The highest BCUT2D eigenvalue weighted by Gasteiger charge is 2.23. The molecule has 7 heteroatoms. The fourth-order valence-corrected chi connectivity index (χ4v) is 4.27. The third-order valence-corrected chi connectivity index (χ3v) is 5.82. The molecule has 1 heterocycles. The van der Waals surface area contributed by atoms with Gasteiger partial charge in [0, 0.05) is 13.1 Å². The first kappa shape index (κ1) is 19.2. The predicted octanol–water partition coefficient (Wildman–Crippen LogP) is 3.00. The first-order valence-electron chi connectivity index (χ1n) is 9.03. The predicted molar refractivity (Wildman–Crippen MR) is 110 cm³/mol. The van der Waals surface area contributed by atoms with Crippen molar-refractivity contribution >= 4 is 33.0 Å². The van der Waals surface area contributed by atoms with Crippen LogP contribution in [0.4, 0.5) is 17.1 Å². The molecule has 1 fully saturated rings. The van der Waals surface area contributed by atoms with Crippen LogP contribution < -0.4 is 14.5 Å². The van der Waals surface area contributed by atoms with Gasteiger partial charge in [-0.1, -0.05) is 30.3 Å². The Morgan fingerprint density at radius 3 is 2.37 bits per heavy atom. The number of sulfonamides is 1. The second-order valence-corrected chi connectivity index (χ2v) is 8.72. The van der Waals surface area contributed by atoms with E-state index in [0.29, 0.717) is 11.4 Å². The Hall–Kier alpha value is -2.54. The molecule has 0 radical (unpaired) electrons. The number of nitrogens with zero attached hydrogens (tertiary/aromatic N) is 2. The first-order valence-corrected chi connectivity index (χ1v) is 10.9. The summed E-state index contributed by atoms with van der Waals surface area (Å²) in [5.74, 6) is -0.365. The van der Waals surface area contributed by atoms with Crippen molar-refractivity contribution in [3.05, 3.63) is 54.1 Å². The van der Waals surface area contributed by atoms with Crippen molar-refractivity contribution in [2.45, 2.75) is 19.8 Å². The maximum Gasteiger partial charge on any atom is 0.245 e. The number of para-hydroxylation sites is 3. The molecule has 3 rings (SSSR count). The Balaban J connectivity index is 1.81. The van der Waals surface area contributed by atoms with Gasteiger partial charge in [0.05, 0.1) is 23.3 Å². The summed E-state index contributed by atoms with van der Waals surface area (Å²) in [6.07, 6.45) is 3.39. The van der Waals surface area contributed by atoms with Crippen LogP contribution in [0.3, 0.4) is 0 Å². The number of amides is 1. The number of nitrogens with one attached hydrogen (secondary N) is 1. The van der Waals surface area contributed by atoms with Gasteiger partial charge in [-0.25, -0.2) is 8.42 Å².